The average Bonchev–Trinajstić information content (AvgIpc) is 2.47. The van der Waals surface area contributed by atoms with Crippen molar-refractivity contribution in [3.05, 3.63) is 60.2 Å². The average molecular weight is 311 g/mol. The molecule has 0 saturated heterocycles. The molecule has 106 valence electrons. The van der Waals surface area contributed by atoms with Gasteiger partial charge in [-0.05, 0) is 31.2 Å². The second-order valence-electron chi connectivity index (χ2n) is 4.13. The van der Waals surface area contributed by atoms with Crippen molar-refractivity contribution in [2.24, 2.45) is 9.98 Å². The Bertz CT molecular complexity index is 540. The van der Waals surface area contributed by atoms with Crippen LogP contribution in [0.15, 0.2) is 58.8 Å². The van der Waals surface area contributed by atoms with E-state index in [1.54, 1.807) is 24.8 Å². The van der Waals surface area contributed by atoms with E-state index in [1.165, 1.54) is 0 Å². The Morgan fingerprint density at radius 2 is 1.60 bits per heavy atom. The molecule has 2 aromatic heterocycles. The first-order chi connectivity index (χ1) is 9.34. The van der Waals surface area contributed by atoms with Gasteiger partial charge in [-0.25, -0.2) is 0 Å². The summed E-state index contributed by atoms with van der Waals surface area (Å²) in [6, 6.07) is 11.6. The van der Waals surface area contributed by atoms with Gasteiger partial charge >= 0.3 is 0 Å². The zero-order valence-electron chi connectivity index (χ0n) is 11.2. The van der Waals surface area contributed by atoms with Crippen molar-refractivity contribution < 1.29 is 16.5 Å². The molecule has 0 spiro atoms. The van der Waals surface area contributed by atoms with Crippen LogP contribution in [0.3, 0.4) is 0 Å². The normalized spacial score (nSPS) is 12.4. The summed E-state index contributed by atoms with van der Waals surface area (Å²) in [4.78, 5) is 17.1. The number of aromatic nitrogens is 2. The Morgan fingerprint density at radius 1 is 1.00 bits per heavy atom. The van der Waals surface area contributed by atoms with Crippen LogP contribution in [0, 0.1) is 0 Å². The third kappa shape index (κ3) is 5.85. The Hall–Kier alpha value is -1.87. The molecule has 5 heteroatoms. The van der Waals surface area contributed by atoms with E-state index in [9.17, 15) is 0 Å². The van der Waals surface area contributed by atoms with Gasteiger partial charge in [0.05, 0.1) is 24.0 Å². The van der Waals surface area contributed by atoms with Gasteiger partial charge < -0.3 is 0 Å². The fourth-order valence-corrected chi connectivity index (χ4v) is 1.45. The number of hydrogen-bond donors (Lipinski definition) is 0. The molecule has 2 heterocycles. The topological polar surface area (TPSA) is 50.5 Å². The van der Waals surface area contributed by atoms with Crippen molar-refractivity contribution in [1.82, 2.24) is 9.97 Å². The van der Waals surface area contributed by atoms with Crippen LogP contribution in [0.5, 0.6) is 0 Å². The molecule has 0 aliphatic rings. The van der Waals surface area contributed by atoms with E-state index in [0.717, 1.165) is 11.4 Å². The Labute approximate surface area is 129 Å². The van der Waals surface area contributed by atoms with Crippen molar-refractivity contribution in [3.63, 3.8) is 0 Å². The number of rotatable bonds is 5. The molecule has 0 aliphatic heterocycles. The van der Waals surface area contributed by atoms with Gasteiger partial charge in [0.15, 0.2) is 0 Å². The minimum absolute atomic E-state index is 0. The van der Waals surface area contributed by atoms with E-state index >= 15 is 0 Å². The summed E-state index contributed by atoms with van der Waals surface area (Å²) < 4.78 is 0. The number of aliphatic imine (C=N–C) groups is 2. The maximum Gasteiger partial charge on any atom is 0.0807 e. The van der Waals surface area contributed by atoms with Crippen LogP contribution in [0.1, 0.15) is 18.3 Å². The SMILES string of the molecule is C[C@H](CN=Cc1ccccn1)N=Cc1ccccn1.[Ni]. The number of pyridine rings is 2. The molecular formula is C15H16N4Ni. The van der Waals surface area contributed by atoms with Crippen LogP contribution < -0.4 is 0 Å². The summed E-state index contributed by atoms with van der Waals surface area (Å²) in [5.41, 5.74) is 1.73. The largest absolute Gasteiger partial charge is 0.289 e. The van der Waals surface area contributed by atoms with E-state index in [1.807, 2.05) is 43.3 Å². The standard InChI is InChI=1S/C15H16N4.Ni/c1-13(19-12-15-7-3-5-9-18-15)10-16-11-14-6-2-4-8-17-14;/h2-9,11-13H,10H2,1H3;/t13-;/m1./s1. The summed E-state index contributed by atoms with van der Waals surface area (Å²) in [5.74, 6) is 0. The van der Waals surface area contributed by atoms with Gasteiger partial charge in [-0.2, -0.15) is 0 Å². The quantitative estimate of drug-likeness (QED) is 0.629. The molecule has 2 aromatic rings. The van der Waals surface area contributed by atoms with E-state index < -0.39 is 0 Å². The van der Waals surface area contributed by atoms with Crippen LogP contribution >= 0.6 is 0 Å². The maximum atomic E-state index is 4.40. The molecule has 4 nitrogen and oxygen atoms in total. The van der Waals surface area contributed by atoms with Gasteiger partial charge in [0.2, 0.25) is 0 Å². The minimum Gasteiger partial charge on any atom is -0.289 e. The smallest absolute Gasteiger partial charge is 0.0807 e. The molecule has 1 atom stereocenters. The Kier molecular flexibility index (Phi) is 7.37. The predicted molar refractivity (Wildman–Crippen MR) is 78.0 cm³/mol. The zero-order valence-corrected chi connectivity index (χ0v) is 12.2. The molecular weight excluding hydrogens is 295 g/mol. The Morgan fingerprint density at radius 3 is 2.15 bits per heavy atom. The van der Waals surface area contributed by atoms with E-state index in [0.29, 0.717) is 6.54 Å². The van der Waals surface area contributed by atoms with Gasteiger partial charge in [0.1, 0.15) is 0 Å². The molecule has 0 amide bonds. The third-order valence-corrected chi connectivity index (χ3v) is 2.43. The molecule has 2 rings (SSSR count). The van der Waals surface area contributed by atoms with Gasteiger partial charge in [0.25, 0.3) is 0 Å². The second-order valence-corrected chi connectivity index (χ2v) is 4.13. The van der Waals surface area contributed by atoms with Gasteiger partial charge in [0, 0.05) is 41.3 Å². The summed E-state index contributed by atoms with van der Waals surface area (Å²) in [6.07, 6.45) is 7.06. The fourth-order valence-electron chi connectivity index (χ4n) is 1.45. The molecule has 0 aromatic carbocycles. The number of hydrogen-bond acceptors (Lipinski definition) is 4. The van der Waals surface area contributed by atoms with E-state index in [-0.39, 0.29) is 22.5 Å². The molecule has 20 heavy (non-hydrogen) atoms. The van der Waals surface area contributed by atoms with Crippen LogP contribution in [-0.2, 0) is 16.5 Å². The summed E-state index contributed by atoms with van der Waals surface area (Å²) in [7, 11) is 0. The van der Waals surface area contributed by atoms with Crippen LogP contribution in [-0.4, -0.2) is 35.0 Å². The minimum atomic E-state index is 0. The van der Waals surface area contributed by atoms with Crippen LogP contribution in [0.4, 0.5) is 0 Å². The monoisotopic (exact) mass is 310 g/mol. The molecule has 0 unspecified atom stereocenters. The first-order valence-corrected chi connectivity index (χ1v) is 6.19. The van der Waals surface area contributed by atoms with Crippen molar-refractivity contribution in [2.45, 2.75) is 13.0 Å². The first kappa shape index (κ1) is 16.2. The molecule has 0 radical (unpaired) electrons. The third-order valence-electron chi connectivity index (χ3n) is 2.43. The zero-order chi connectivity index (χ0) is 13.3. The van der Waals surface area contributed by atoms with Crippen molar-refractivity contribution >= 4 is 12.4 Å². The maximum absolute atomic E-state index is 4.40. The van der Waals surface area contributed by atoms with Crippen molar-refractivity contribution in [3.8, 4) is 0 Å². The summed E-state index contributed by atoms with van der Waals surface area (Å²) in [5, 5.41) is 0. The second kappa shape index (κ2) is 9.10. The van der Waals surface area contributed by atoms with Crippen molar-refractivity contribution in [2.75, 3.05) is 6.54 Å². The first-order valence-electron chi connectivity index (χ1n) is 6.19. The van der Waals surface area contributed by atoms with Gasteiger partial charge in [-0.3, -0.25) is 20.0 Å². The predicted octanol–water partition coefficient (Wildman–Crippen LogP) is 2.40. The van der Waals surface area contributed by atoms with Gasteiger partial charge in [-0.15, -0.1) is 0 Å². The van der Waals surface area contributed by atoms with Gasteiger partial charge in [-0.1, -0.05) is 12.1 Å². The molecule has 0 saturated carbocycles. The molecule has 0 N–H and O–H groups in total. The van der Waals surface area contributed by atoms with Crippen molar-refractivity contribution in [1.29, 1.82) is 0 Å². The summed E-state index contributed by atoms with van der Waals surface area (Å²) in [6.45, 7) is 2.66. The Balaban J connectivity index is 0.00000200. The number of nitrogens with zero attached hydrogens (tertiary/aromatic N) is 4. The fraction of sp³-hybridized carbons (Fsp3) is 0.200. The summed E-state index contributed by atoms with van der Waals surface area (Å²) >= 11 is 0. The van der Waals surface area contributed by atoms with Crippen LogP contribution in [0.25, 0.3) is 0 Å². The molecule has 0 aliphatic carbocycles. The van der Waals surface area contributed by atoms with Crippen LogP contribution in [0.2, 0.25) is 0 Å². The van der Waals surface area contributed by atoms with E-state index in [4.69, 9.17) is 0 Å². The van der Waals surface area contributed by atoms with E-state index in [2.05, 4.69) is 20.0 Å². The molecule has 0 bridgehead atoms. The molecule has 0 fully saturated rings.